The summed E-state index contributed by atoms with van der Waals surface area (Å²) in [4.78, 5) is 11.6. The molecule has 0 aliphatic carbocycles. The molecular formula is C10H13ClF3N3O2. The van der Waals surface area contributed by atoms with Gasteiger partial charge in [0.2, 0.25) is 0 Å². The molecule has 0 saturated heterocycles. The minimum absolute atomic E-state index is 0.0651. The van der Waals surface area contributed by atoms with Gasteiger partial charge in [-0.05, 0) is 13.3 Å². The van der Waals surface area contributed by atoms with Gasteiger partial charge in [-0.1, -0.05) is 11.6 Å². The monoisotopic (exact) mass is 299 g/mol. The fourth-order valence-corrected chi connectivity index (χ4v) is 1.58. The molecule has 0 aliphatic heterocycles. The fourth-order valence-electron chi connectivity index (χ4n) is 1.38. The van der Waals surface area contributed by atoms with Crippen LogP contribution in [0.15, 0.2) is 11.0 Å². The molecule has 0 aromatic carbocycles. The van der Waals surface area contributed by atoms with E-state index in [0.29, 0.717) is 6.42 Å². The summed E-state index contributed by atoms with van der Waals surface area (Å²) in [7, 11) is 0. The number of nitrogens with one attached hydrogen (secondary N) is 1. The van der Waals surface area contributed by atoms with Crippen molar-refractivity contribution in [3.63, 3.8) is 0 Å². The van der Waals surface area contributed by atoms with Crippen LogP contribution in [0.4, 0.5) is 18.9 Å². The largest absolute Gasteiger partial charge is 0.408 e. The second-order valence-electron chi connectivity index (χ2n) is 4.01. The van der Waals surface area contributed by atoms with E-state index < -0.39 is 18.3 Å². The van der Waals surface area contributed by atoms with Crippen LogP contribution in [0.1, 0.15) is 13.3 Å². The molecule has 1 rings (SSSR count). The van der Waals surface area contributed by atoms with E-state index in [4.69, 9.17) is 16.7 Å². The van der Waals surface area contributed by atoms with Crippen LogP contribution in [0.5, 0.6) is 0 Å². The highest BCUT2D eigenvalue weighted by atomic mass is 35.5. The minimum Gasteiger partial charge on any atom is -0.396 e. The van der Waals surface area contributed by atoms with Gasteiger partial charge < -0.3 is 10.4 Å². The predicted octanol–water partition coefficient (Wildman–Crippen LogP) is 1.64. The second kappa shape index (κ2) is 6.25. The molecule has 19 heavy (non-hydrogen) atoms. The molecule has 1 aromatic rings. The van der Waals surface area contributed by atoms with Crippen LogP contribution < -0.4 is 10.9 Å². The van der Waals surface area contributed by atoms with Gasteiger partial charge in [-0.3, -0.25) is 4.79 Å². The molecule has 9 heteroatoms. The molecule has 0 amide bonds. The first-order chi connectivity index (χ1) is 8.74. The topological polar surface area (TPSA) is 67.2 Å². The Morgan fingerprint density at radius 3 is 2.74 bits per heavy atom. The van der Waals surface area contributed by atoms with E-state index in [1.165, 1.54) is 0 Å². The Balaban J connectivity index is 2.95. The summed E-state index contributed by atoms with van der Waals surface area (Å²) < 4.78 is 36.8. The van der Waals surface area contributed by atoms with E-state index in [9.17, 15) is 18.0 Å². The van der Waals surface area contributed by atoms with Crippen molar-refractivity contribution in [1.29, 1.82) is 0 Å². The van der Waals surface area contributed by atoms with Crippen LogP contribution in [0, 0.1) is 0 Å². The van der Waals surface area contributed by atoms with E-state index >= 15 is 0 Å². The maximum Gasteiger partial charge on any atom is 0.408 e. The molecule has 0 spiro atoms. The summed E-state index contributed by atoms with van der Waals surface area (Å²) in [6.45, 7) is 0.177. The lowest BCUT2D eigenvalue weighted by atomic mass is 10.2. The van der Waals surface area contributed by atoms with Crippen LogP contribution in [0.3, 0.4) is 0 Å². The number of alkyl halides is 3. The number of nitrogens with zero attached hydrogens (tertiary/aromatic N) is 2. The Morgan fingerprint density at radius 2 is 2.21 bits per heavy atom. The van der Waals surface area contributed by atoms with E-state index in [1.807, 2.05) is 0 Å². The Morgan fingerprint density at radius 1 is 1.58 bits per heavy atom. The summed E-state index contributed by atoms with van der Waals surface area (Å²) in [5.74, 6) is 0. The number of aromatic nitrogens is 2. The van der Waals surface area contributed by atoms with Crippen molar-refractivity contribution in [3.05, 3.63) is 21.6 Å². The normalized spacial score (nSPS) is 13.4. The van der Waals surface area contributed by atoms with Crippen molar-refractivity contribution in [3.8, 4) is 0 Å². The Kier molecular flexibility index (Phi) is 5.19. The van der Waals surface area contributed by atoms with E-state index in [-0.39, 0.29) is 28.0 Å². The molecule has 0 bridgehead atoms. The standard InChI is InChI=1S/C10H13ClF3N3O2/c1-6(2-3-18)16-7-4-15-17(5-10(12,13)14)9(19)8(7)11/h4,6,16,18H,2-3,5H2,1H3. The average Bonchev–Trinajstić information content (AvgIpc) is 2.28. The van der Waals surface area contributed by atoms with Gasteiger partial charge in [0.1, 0.15) is 11.6 Å². The van der Waals surface area contributed by atoms with Crippen molar-refractivity contribution in [2.75, 3.05) is 11.9 Å². The first-order valence-corrected chi connectivity index (χ1v) is 5.82. The summed E-state index contributed by atoms with van der Waals surface area (Å²) in [5, 5.41) is 14.6. The van der Waals surface area contributed by atoms with Gasteiger partial charge in [0.25, 0.3) is 5.56 Å². The molecule has 1 atom stereocenters. The smallest absolute Gasteiger partial charge is 0.396 e. The molecule has 5 nitrogen and oxygen atoms in total. The summed E-state index contributed by atoms with van der Waals surface area (Å²) in [5.41, 5.74) is -0.869. The second-order valence-corrected chi connectivity index (χ2v) is 4.39. The number of anilines is 1. The van der Waals surface area contributed by atoms with Crippen molar-refractivity contribution in [1.82, 2.24) is 9.78 Å². The maximum absolute atomic E-state index is 12.2. The van der Waals surface area contributed by atoms with Crippen molar-refractivity contribution >= 4 is 17.3 Å². The van der Waals surface area contributed by atoms with Gasteiger partial charge in [0, 0.05) is 12.6 Å². The van der Waals surface area contributed by atoms with Gasteiger partial charge in [0.05, 0.1) is 11.9 Å². The van der Waals surface area contributed by atoms with Gasteiger partial charge in [0.15, 0.2) is 0 Å². The number of hydrogen-bond acceptors (Lipinski definition) is 4. The van der Waals surface area contributed by atoms with Crippen LogP contribution in [0.25, 0.3) is 0 Å². The van der Waals surface area contributed by atoms with Gasteiger partial charge in [-0.2, -0.15) is 18.3 Å². The van der Waals surface area contributed by atoms with Gasteiger partial charge >= 0.3 is 6.18 Å². The predicted molar refractivity (Wildman–Crippen MR) is 64.3 cm³/mol. The van der Waals surface area contributed by atoms with Crippen LogP contribution in [-0.2, 0) is 6.54 Å². The molecule has 1 unspecified atom stereocenters. The molecule has 0 aliphatic rings. The minimum atomic E-state index is -4.54. The molecule has 1 heterocycles. The lowest BCUT2D eigenvalue weighted by Crippen LogP contribution is -2.31. The molecule has 2 N–H and O–H groups in total. The lowest BCUT2D eigenvalue weighted by Gasteiger charge is -2.15. The highest BCUT2D eigenvalue weighted by molar-refractivity contribution is 6.32. The highest BCUT2D eigenvalue weighted by Crippen LogP contribution is 2.19. The third-order valence-electron chi connectivity index (χ3n) is 2.28. The maximum atomic E-state index is 12.2. The quantitative estimate of drug-likeness (QED) is 0.867. The highest BCUT2D eigenvalue weighted by Gasteiger charge is 2.29. The zero-order valence-electron chi connectivity index (χ0n) is 10.0. The molecular weight excluding hydrogens is 287 g/mol. The van der Waals surface area contributed by atoms with Crippen molar-refractivity contribution in [2.45, 2.75) is 32.1 Å². The van der Waals surface area contributed by atoms with Gasteiger partial charge in [-0.25, -0.2) is 4.68 Å². The average molecular weight is 300 g/mol. The van der Waals surface area contributed by atoms with Crippen LogP contribution in [-0.4, -0.2) is 33.7 Å². The number of halogens is 4. The third-order valence-corrected chi connectivity index (χ3v) is 2.64. The molecule has 1 aromatic heterocycles. The van der Waals surface area contributed by atoms with E-state index in [2.05, 4.69) is 10.4 Å². The first-order valence-electron chi connectivity index (χ1n) is 5.44. The van der Waals surface area contributed by atoms with Crippen LogP contribution >= 0.6 is 11.6 Å². The van der Waals surface area contributed by atoms with Crippen molar-refractivity contribution < 1.29 is 18.3 Å². The zero-order valence-corrected chi connectivity index (χ0v) is 10.8. The molecule has 0 saturated carbocycles. The summed E-state index contributed by atoms with van der Waals surface area (Å²) in [6.07, 6.45) is -3.08. The summed E-state index contributed by atoms with van der Waals surface area (Å²) in [6, 6.07) is -0.192. The number of aliphatic hydroxyl groups excluding tert-OH is 1. The zero-order chi connectivity index (χ0) is 14.6. The van der Waals surface area contributed by atoms with E-state index in [0.717, 1.165) is 6.20 Å². The van der Waals surface area contributed by atoms with E-state index in [1.54, 1.807) is 6.92 Å². The summed E-state index contributed by atoms with van der Waals surface area (Å²) >= 11 is 5.71. The van der Waals surface area contributed by atoms with Crippen molar-refractivity contribution in [2.24, 2.45) is 0 Å². The number of rotatable bonds is 5. The molecule has 0 fully saturated rings. The van der Waals surface area contributed by atoms with Crippen LogP contribution in [0.2, 0.25) is 5.02 Å². The first kappa shape index (κ1) is 15.8. The van der Waals surface area contributed by atoms with Gasteiger partial charge in [-0.15, -0.1) is 0 Å². The SMILES string of the molecule is CC(CCO)Nc1cnn(CC(F)(F)F)c(=O)c1Cl. The fraction of sp³-hybridized carbons (Fsp3) is 0.600. The number of aliphatic hydroxyl groups is 1. The number of hydrogen-bond donors (Lipinski definition) is 2. The Hall–Kier alpha value is -1.28. The molecule has 108 valence electrons. The lowest BCUT2D eigenvalue weighted by molar-refractivity contribution is -0.143. The Bertz CT molecular complexity index is 490. The third kappa shape index (κ3) is 4.71. The Labute approximate surface area is 112 Å². The molecule has 0 radical (unpaired) electrons.